The molecule has 1 atom stereocenters. The van der Waals surface area contributed by atoms with Gasteiger partial charge in [-0.15, -0.1) is 11.3 Å². The Balaban J connectivity index is 2.42. The SMILES string of the molecule is CC(C(=O)O)c1cn(C)c(=Nc2ccccc2)s1. The summed E-state index contributed by atoms with van der Waals surface area (Å²) in [6.45, 7) is 1.68. The number of thiazole rings is 1. The zero-order valence-corrected chi connectivity index (χ0v) is 11.0. The molecule has 94 valence electrons. The van der Waals surface area contributed by atoms with E-state index in [0.29, 0.717) is 0 Å². The van der Waals surface area contributed by atoms with Crippen LogP contribution in [0.5, 0.6) is 0 Å². The summed E-state index contributed by atoms with van der Waals surface area (Å²) in [7, 11) is 1.87. The molecule has 0 aliphatic rings. The van der Waals surface area contributed by atoms with E-state index >= 15 is 0 Å². The van der Waals surface area contributed by atoms with Crippen LogP contribution in [0.2, 0.25) is 0 Å². The van der Waals surface area contributed by atoms with E-state index in [-0.39, 0.29) is 0 Å². The Bertz CT molecular complexity index is 613. The van der Waals surface area contributed by atoms with Crippen molar-refractivity contribution in [1.82, 2.24) is 4.57 Å². The molecule has 2 rings (SSSR count). The van der Waals surface area contributed by atoms with Crippen LogP contribution in [0.3, 0.4) is 0 Å². The number of carbonyl (C=O) groups is 1. The second-order valence-corrected chi connectivity index (χ2v) is 5.07. The number of aliphatic carboxylic acids is 1. The number of aromatic nitrogens is 1. The summed E-state index contributed by atoms with van der Waals surface area (Å²) in [6.07, 6.45) is 1.82. The summed E-state index contributed by atoms with van der Waals surface area (Å²) < 4.78 is 1.85. The molecule has 0 spiro atoms. The lowest BCUT2D eigenvalue weighted by Gasteiger charge is -1.99. The number of carboxylic acid groups (broad SMARTS) is 1. The molecule has 1 aromatic carbocycles. The summed E-state index contributed by atoms with van der Waals surface area (Å²) in [5.41, 5.74) is 0.865. The molecule has 4 nitrogen and oxygen atoms in total. The fraction of sp³-hybridized carbons (Fsp3) is 0.231. The topological polar surface area (TPSA) is 54.6 Å². The predicted octanol–water partition coefficient (Wildman–Crippen LogP) is 2.51. The van der Waals surface area contributed by atoms with E-state index in [2.05, 4.69) is 4.99 Å². The van der Waals surface area contributed by atoms with Crippen molar-refractivity contribution in [3.8, 4) is 0 Å². The number of rotatable bonds is 3. The van der Waals surface area contributed by atoms with Crippen LogP contribution in [0.1, 0.15) is 17.7 Å². The summed E-state index contributed by atoms with van der Waals surface area (Å²) in [5.74, 6) is -1.32. The van der Waals surface area contributed by atoms with E-state index in [1.54, 1.807) is 6.92 Å². The van der Waals surface area contributed by atoms with Crippen molar-refractivity contribution >= 4 is 23.0 Å². The van der Waals surface area contributed by atoms with Crippen LogP contribution in [0, 0.1) is 0 Å². The number of nitrogens with zero attached hydrogens (tertiary/aromatic N) is 2. The molecule has 5 heteroatoms. The molecular weight excluding hydrogens is 248 g/mol. The highest BCUT2D eigenvalue weighted by molar-refractivity contribution is 7.09. The molecule has 0 saturated heterocycles. The first kappa shape index (κ1) is 12.6. The molecule has 0 fully saturated rings. The summed E-state index contributed by atoms with van der Waals surface area (Å²) in [5, 5.41) is 8.99. The van der Waals surface area contributed by atoms with Gasteiger partial charge in [0.15, 0.2) is 4.80 Å². The van der Waals surface area contributed by atoms with Crippen molar-refractivity contribution in [1.29, 1.82) is 0 Å². The van der Waals surface area contributed by atoms with E-state index in [1.165, 1.54) is 11.3 Å². The lowest BCUT2D eigenvalue weighted by Crippen LogP contribution is -2.07. The minimum Gasteiger partial charge on any atom is -0.481 e. The third-order valence-electron chi connectivity index (χ3n) is 2.61. The number of hydrogen-bond donors (Lipinski definition) is 1. The Morgan fingerprint density at radius 3 is 2.67 bits per heavy atom. The Morgan fingerprint density at radius 1 is 1.39 bits per heavy atom. The molecule has 0 aliphatic carbocycles. The predicted molar refractivity (Wildman–Crippen MR) is 71.0 cm³/mol. The van der Waals surface area contributed by atoms with Crippen molar-refractivity contribution in [3.63, 3.8) is 0 Å². The van der Waals surface area contributed by atoms with Crippen molar-refractivity contribution < 1.29 is 9.90 Å². The molecule has 1 aromatic heterocycles. The molecule has 18 heavy (non-hydrogen) atoms. The molecule has 0 saturated carbocycles. The van der Waals surface area contributed by atoms with E-state index in [1.807, 2.05) is 48.1 Å². The first-order chi connectivity index (χ1) is 8.58. The number of aryl methyl sites for hydroxylation is 1. The summed E-state index contributed by atoms with van der Waals surface area (Å²) in [6, 6.07) is 9.62. The molecule has 0 bridgehead atoms. The standard InChI is InChI=1S/C13H14N2O2S/c1-9(12(16)17)11-8-15(2)13(18-11)14-10-6-4-3-5-7-10/h3-9H,1-2H3,(H,16,17). The summed E-state index contributed by atoms with van der Waals surface area (Å²) >= 11 is 1.41. The van der Waals surface area contributed by atoms with Gasteiger partial charge in [-0.2, -0.15) is 0 Å². The summed E-state index contributed by atoms with van der Waals surface area (Å²) in [4.78, 5) is 17.0. The maximum absolute atomic E-state index is 10.9. The van der Waals surface area contributed by atoms with Gasteiger partial charge in [-0.1, -0.05) is 18.2 Å². The first-order valence-corrected chi connectivity index (χ1v) is 6.38. The van der Waals surface area contributed by atoms with Crippen molar-refractivity contribution in [2.24, 2.45) is 12.0 Å². The van der Waals surface area contributed by atoms with Gasteiger partial charge in [-0.25, -0.2) is 4.99 Å². The molecule has 0 amide bonds. The zero-order chi connectivity index (χ0) is 13.1. The third kappa shape index (κ3) is 2.68. The lowest BCUT2D eigenvalue weighted by atomic mass is 10.2. The second kappa shape index (κ2) is 5.18. The van der Waals surface area contributed by atoms with Gasteiger partial charge in [0.2, 0.25) is 0 Å². The third-order valence-corrected chi connectivity index (χ3v) is 3.87. The minimum absolute atomic E-state index is 0.499. The highest BCUT2D eigenvalue weighted by atomic mass is 32.1. The van der Waals surface area contributed by atoms with Crippen LogP contribution >= 0.6 is 11.3 Å². The van der Waals surface area contributed by atoms with Gasteiger partial charge in [0.1, 0.15) is 0 Å². The minimum atomic E-state index is -0.817. The Hall–Kier alpha value is -1.88. The fourth-order valence-corrected chi connectivity index (χ4v) is 2.53. The van der Waals surface area contributed by atoms with E-state index in [0.717, 1.165) is 15.4 Å². The Kier molecular flexibility index (Phi) is 3.62. The number of hydrogen-bond acceptors (Lipinski definition) is 3. The average Bonchev–Trinajstić information content (AvgIpc) is 2.71. The highest BCUT2D eigenvalue weighted by Crippen LogP contribution is 2.18. The van der Waals surface area contributed by atoms with Crippen molar-refractivity contribution in [3.05, 3.63) is 46.2 Å². The molecule has 2 aromatic rings. The average molecular weight is 262 g/mol. The largest absolute Gasteiger partial charge is 0.481 e. The maximum Gasteiger partial charge on any atom is 0.311 e. The van der Waals surface area contributed by atoms with Crippen molar-refractivity contribution in [2.75, 3.05) is 0 Å². The van der Waals surface area contributed by atoms with Crippen LogP contribution in [0.25, 0.3) is 0 Å². The van der Waals surface area contributed by atoms with Gasteiger partial charge in [0.05, 0.1) is 11.6 Å². The van der Waals surface area contributed by atoms with E-state index < -0.39 is 11.9 Å². The van der Waals surface area contributed by atoms with Crippen LogP contribution < -0.4 is 4.80 Å². The van der Waals surface area contributed by atoms with Crippen LogP contribution in [-0.4, -0.2) is 15.6 Å². The van der Waals surface area contributed by atoms with Gasteiger partial charge in [-0.05, 0) is 19.1 Å². The van der Waals surface area contributed by atoms with Crippen LogP contribution in [-0.2, 0) is 11.8 Å². The van der Waals surface area contributed by atoms with E-state index in [4.69, 9.17) is 5.11 Å². The van der Waals surface area contributed by atoms with Crippen molar-refractivity contribution in [2.45, 2.75) is 12.8 Å². The molecular formula is C13H14N2O2S. The van der Waals surface area contributed by atoms with Crippen LogP contribution in [0.15, 0.2) is 41.5 Å². The lowest BCUT2D eigenvalue weighted by molar-refractivity contribution is -0.138. The second-order valence-electron chi connectivity index (χ2n) is 4.03. The monoisotopic (exact) mass is 262 g/mol. The van der Waals surface area contributed by atoms with Gasteiger partial charge in [0, 0.05) is 18.1 Å². The number of carboxylic acids is 1. The highest BCUT2D eigenvalue weighted by Gasteiger charge is 2.16. The molecule has 1 N–H and O–H groups in total. The van der Waals surface area contributed by atoms with E-state index in [9.17, 15) is 4.79 Å². The Labute approximate surface area is 109 Å². The van der Waals surface area contributed by atoms with Gasteiger partial charge in [-0.3, -0.25) is 4.79 Å². The molecule has 0 radical (unpaired) electrons. The molecule has 1 unspecified atom stereocenters. The normalized spacial score (nSPS) is 13.6. The molecule has 0 aliphatic heterocycles. The van der Waals surface area contributed by atoms with Gasteiger partial charge >= 0.3 is 5.97 Å². The molecule has 1 heterocycles. The zero-order valence-electron chi connectivity index (χ0n) is 10.2. The fourth-order valence-electron chi connectivity index (χ4n) is 1.49. The quantitative estimate of drug-likeness (QED) is 0.924. The Morgan fingerprint density at radius 2 is 2.06 bits per heavy atom. The maximum atomic E-state index is 10.9. The first-order valence-electron chi connectivity index (χ1n) is 5.57. The number of para-hydroxylation sites is 1. The van der Waals surface area contributed by atoms with Gasteiger partial charge in [0.25, 0.3) is 0 Å². The smallest absolute Gasteiger partial charge is 0.311 e. The van der Waals surface area contributed by atoms with Crippen LogP contribution in [0.4, 0.5) is 5.69 Å². The van der Waals surface area contributed by atoms with Gasteiger partial charge < -0.3 is 9.67 Å². The number of benzene rings is 1.